The van der Waals surface area contributed by atoms with Gasteiger partial charge in [0.05, 0.1) is 0 Å². The molecular weight excluding hydrogens is 264 g/mol. The number of nitrogens with one attached hydrogen (secondary N) is 1. The summed E-state index contributed by atoms with van der Waals surface area (Å²) in [6.45, 7) is 4.46. The van der Waals surface area contributed by atoms with E-state index in [2.05, 4.69) is 34.2 Å². The largest absolute Gasteiger partial charge is 0.377 e. The van der Waals surface area contributed by atoms with Gasteiger partial charge in [0.25, 0.3) is 0 Å². The molecule has 1 heterocycles. The summed E-state index contributed by atoms with van der Waals surface area (Å²) in [7, 11) is 3.80. The molecule has 21 heavy (non-hydrogen) atoms. The van der Waals surface area contributed by atoms with Gasteiger partial charge in [-0.25, -0.2) is 9.97 Å². The number of nitrogens with zero attached hydrogens (tertiary/aromatic N) is 3. The maximum atomic E-state index is 5.17. The minimum Gasteiger partial charge on any atom is -0.377 e. The molecule has 1 N–H and O–H groups in total. The topological polar surface area (TPSA) is 50.3 Å². The van der Waals surface area contributed by atoms with Crippen molar-refractivity contribution >= 4 is 11.6 Å². The highest BCUT2D eigenvalue weighted by Gasteiger charge is 2.17. The number of aromatic nitrogens is 2. The standard InChI is InChI=1S/C16H28N4O/c1-4-17-14-10-16(19-15(18-14)12-21-3)20(2)11-13-8-6-5-7-9-13/h10,13H,4-9,11-12H2,1-3H3,(H,17,18,19). The molecule has 0 radical (unpaired) electrons. The van der Waals surface area contributed by atoms with Crippen molar-refractivity contribution in [3.63, 3.8) is 0 Å². The minimum atomic E-state index is 0.448. The zero-order valence-electron chi connectivity index (χ0n) is 13.6. The summed E-state index contributed by atoms with van der Waals surface area (Å²) < 4.78 is 5.17. The summed E-state index contributed by atoms with van der Waals surface area (Å²) in [5.41, 5.74) is 0. The maximum absolute atomic E-state index is 5.17. The number of hydrogen-bond donors (Lipinski definition) is 1. The minimum absolute atomic E-state index is 0.448. The van der Waals surface area contributed by atoms with Gasteiger partial charge in [-0.3, -0.25) is 0 Å². The molecule has 2 rings (SSSR count). The first-order chi connectivity index (χ1) is 10.2. The fourth-order valence-corrected chi connectivity index (χ4v) is 2.99. The maximum Gasteiger partial charge on any atom is 0.158 e. The van der Waals surface area contributed by atoms with Gasteiger partial charge < -0.3 is 15.0 Å². The van der Waals surface area contributed by atoms with Crippen molar-refractivity contribution in [3.05, 3.63) is 11.9 Å². The first-order valence-corrected chi connectivity index (χ1v) is 8.04. The third-order valence-corrected chi connectivity index (χ3v) is 4.04. The molecule has 0 aliphatic heterocycles. The van der Waals surface area contributed by atoms with Crippen LogP contribution >= 0.6 is 0 Å². The molecule has 5 nitrogen and oxygen atoms in total. The van der Waals surface area contributed by atoms with Crippen molar-refractivity contribution in [1.29, 1.82) is 0 Å². The van der Waals surface area contributed by atoms with Gasteiger partial charge in [0.2, 0.25) is 0 Å². The second kappa shape index (κ2) is 8.17. The molecule has 0 atom stereocenters. The summed E-state index contributed by atoms with van der Waals surface area (Å²) in [6.07, 6.45) is 6.84. The molecule has 1 aliphatic rings. The average molecular weight is 292 g/mol. The third-order valence-electron chi connectivity index (χ3n) is 4.04. The molecular formula is C16H28N4O. The first-order valence-electron chi connectivity index (χ1n) is 8.04. The van der Waals surface area contributed by atoms with Crippen LogP contribution < -0.4 is 10.2 Å². The highest BCUT2D eigenvalue weighted by molar-refractivity contribution is 5.49. The van der Waals surface area contributed by atoms with E-state index in [1.54, 1.807) is 7.11 Å². The molecule has 0 aromatic carbocycles. The molecule has 0 saturated heterocycles. The summed E-state index contributed by atoms with van der Waals surface area (Å²) in [5.74, 6) is 3.40. The zero-order valence-corrected chi connectivity index (χ0v) is 13.6. The van der Waals surface area contributed by atoms with E-state index in [1.807, 2.05) is 6.07 Å². The van der Waals surface area contributed by atoms with Crippen LogP contribution in [-0.2, 0) is 11.3 Å². The van der Waals surface area contributed by atoms with Crippen LogP contribution in [0.5, 0.6) is 0 Å². The van der Waals surface area contributed by atoms with E-state index in [9.17, 15) is 0 Å². The van der Waals surface area contributed by atoms with Crippen molar-refractivity contribution < 1.29 is 4.74 Å². The molecule has 1 fully saturated rings. The van der Waals surface area contributed by atoms with Crippen LogP contribution in [-0.4, -0.2) is 37.2 Å². The second-order valence-electron chi connectivity index (χ2n) is 5.88. The lowest BCUT2D eigenvalue weighted by atomic mass is 9.89. The van der Waals surface area contributed by atoms with Gasteiger partial charge in [-0.2, -0.15) is 0 Å². The van der Waals surface area contributed by atoms with Crippen molar-refractivity contribution in [2.24, 2.45) is 5.92 Å². The predicted molar refractivity (Wildman–Crippen MR) is 86.8 cm³/mol. The van der Waals surface area contributed by atoms with Crippen LogP contribution in [0.15, 0.2) is 6.07 Å². The SMILES string of the molecule is CCNc1cc(N(C)CC2CCCCC2)nc(COC)n1. The lowest BCUT2D eigenvalue weighted by molar-refractivity contribution is 0.178. The Bertz CT molecular complexity index is 408. The smallest absolute Gasteiger partial charge is 0.158 e. The van der Waals surface area contributed by atoms with E-state index in [0.717, 1.165) is 36.5 Å². The van der Waals surface area contributed by atoms with Gasteiger partial charge in [0, 0.05) is 33.3 Å². The number of anilines is 2. The van der Waals surface area contributed by atoms with Crippen molar-refractivity contribution in [2.45, 2.75) is 45.6 Å². The van der Waals surface area contributed by atoms with Crippen molar-refractivity contribution in [1.82, 2.24) is 9.97 Å². The van der Waals surface area contributed by atoms with E-state index in [-0.39, 0.29) is 0 Å². The van der Waals surface area contributed by atoms with E-state index in [0.29, 0.717) is 6.61 Å². The lowest BCUT2D eigenvalue weighted by Crippen LogP contribution is -2.28. The summed E-state index contributed by atoms with van der Waals surface area (Å²) in [4.78, 5) is 11.4. The normalized spacial score (nSPS) is 16.0. The quantitative estimate of drug-likeness (QED) is 0.837. The Morgan fingerprint density at radius 2 is 2.05 bits per heavy atom. The van der Waals surface area contributed by atoms with E-state index < -0.39 is 0 Å². The Morgan fingerprint density at radius 1 is 1.29 bits per heavy atom. The van der Waals surface area contributed by atoms with Gasteiger partial charge in [0.15, 0.2) is 5.82 Å². The van der Waals surface area contributed by atoms with Gasteiger partial charge in [-0.1, -0.05) is 19.3 Å². The molecule has 0 unspecified atom stereocenters. The summed E-state index contributed by atoms with van der Waals surface area (Å²) >= 11 is 0. The molecule has 5 heteroatoms. The Balaban J connectivity index is 2.08. The monoisotopic (exact) mass is 292 g/mol. The fourth-order valence-electron chi connectivity index (χ4n) is 2.99. The van der Waals surface area contributed by atoms with Crippen LogP contribution in [0.3, 0.4) is 0 Å². The fraction of sp³-hybridized carbons (Fsp3) is 0.750. The highest BCUT2D eigenvalue weighted by atomic mass is 16.5. The molecule has 1 aromatic heterocycles. The van der Waals surface area contributed by atoms with Crippen LogP contribution in [0.4, 0.5) is 11.6 Å². The van der Waals surface area contributed by atoms with Gasteiger partial charge in [0.1, 0.15) is 18.2 Å². The number of ether oxygens (including phenoxy) is 1. The number of rotatable bonds is 7. The van der Waals surface area contributed by atoms with Crippen LogP contribution in [0, 0.1) is 5.92 Å². The second-order valence-corrected chi connectivity index (χ2v) is 5.88. The Morgan fingerprint density at radius 3 is 2.71 bits per heavy atom. The third kappa shape index (κ3) is 4.84. The van der Waals surface area contributed by atoms with E-state index in [1.165, 1.54) is 32.1 Å². The summed E-state index contributed by atoms with van der Waals surface area (Å²) in [5, 5.41) is 3.27. The molecule has 0 amide bonds. The zero-order chi connectivity index (χ0) is 15.1. The van der Waals surface area contributed by atoms with Gasteiger partial charge in [-0.15, -0.1) is 0 Å². The lowest BCUT2D eigenvalue weighted by Gasteiger charge is -2.28. The highest BCUT2D eigenvalue weighted by Crippen LogP contribution is 2.26. The molecule has 0 spiro atoms. The molecule has 1 aliphatic carbocycles. The molecule has 118 valence electrons. The average Bonchev–Trinajstić information content (AvgIpc) is 2.49. The van der Waals surface area contributed by atoms with Crippen molar-refractivity contribution in [3.8, 4) is 0 Å². The van der Waals surface area contributed by atoms with Crippen molar-refractivity contribution in [2.75, 3.05) is 37.5 Å². The van der Waals surface area contributed by atoms with Crippen LogP contribution in [0.2, 0.25) is 0 Å². The number of methoxy groups -OCH3 is 1. The molecule has 1 saturated carbocycles. The molecule has 1 aromatic rings. The first kappa shape index (κ1) is 16.0. The Hall–Kier alpha value is -1.36. The van der Waals surface area contributed by atoms with Gasteiger partial charge in [-0.05, 0) is 25.7 Å². The predicted octanol–water partition coefficient (Wildman–Crippen LogP) is 3.07. The van der Waals surface area contributed by atoms with E-state index >= 15 is 0 Å². The Labute approximate surface area is 128 Å². The number of hydrogen-bond acceptors (Lipinski definition) is 5. The Kier molecular flexibility index (Phi) is 6.23. The van der Waals surface area contributed by atoms with Gasteiger partial charge >= 0.3 is 0 Å². The van der Waals surface area contributed by atoms with Crippen LogP contribution in [0.25, 0.3) is 0 Å². The van der Waals surface area contributed by atoms with Crippen LogP contribution in [0.1, 0.15) is 44.9 Å². The van der Waals surface area contributed by atoms with E-state index in [4.69, 9.17) is 4.74 Å². The summed E-state index contributed by atoms with van der Waals surface area (Å²) in [6, 6.07) is 2.03. The molecule has 0 bridgehead atoms.